The van der Waals surface area contributed by atoms with Gasteiger partial charge >= 0.3 is 0 Å². The fourth-order valence-electron chi connectivity index (χ4n) is 3.89. The molecule has 1 N–H and O–H groups in total. The predicted molar refractivity (Wildman–Crippen MR) is 108 cm³/mol. The van der Waals surface area contributed by atoms with Crippen LogP contribution < -0.4 is 5.32 Å². The zero-order valence-electron chi connectivity index (χ0n) is 18.2. The van der Waals surface area contributed by atoms with E-state index in [1.54, 1.807) is 0 Å². The van der Waals surface area contributed by atoms with Gasteiger partial charge in [-0.15, -0.1) is 0 Å². The van der Waals surface area contributed by atoms with Crippen molar-refractivity contribution in [3.8, 4) is 0 Å². The van der Waals surface area contributed by atoms with E-state index in [4.69, 9.17) is 4.52 Å². The van der Waals surface area contributed by atoms with Gasteiger partial charge in [-0.3, -0.25) is 9.69 Å². The highest BCUT2D eigenvalue weighted by Gasteiger charge is 2.45. The summed E-state index contributed by atoms with van der Waals surface area (Å²) in [4.78, 5) is 15.5. The van der Waals surface area contributed by atoms with Gasteiger partial charge < -0.3 is 9.84 Å². The lowest BCUT2D eigenvalue weighted by Gasteiger charge is -2.52. The Bertz CT molecular complexity index is 574. The maximum atomic E-state index is 12.9. The molecule has 1 aromatic rings. The molecular formula is C21H39N3O2. The number of hydrogen-bond acceptors (Lipinski definition) is 4. The summed E-state index contributed by atoms with van der Waals surface area (Å²) in [6.45, 7) is 19.2. The molecule has 0 aromatic carbocycles. The summed E-state index contributed by atoms with van der Waals surface area (Å²) in [5.74, 6) is 0.633. The number of hydrogen-bond donors (Lipinski definition) is 1. The van der Waals surface area contributed by atoms with E-state index < -0.39 is 5.54 Å². The van der Waals surface area contributed by atoms with Crippen LogP contribution in [0, 0.1) is 6.92 Å². The molecule has 0 aliphatic heterocycles. The molecule has 1 aromatic heterocycles. The van der Waals surface area contributed by atoms with E-state index in [2.05, 4.69) is 56.9 Å². The molecule has 1 unspecified atom stereocenters. The van der Waals surface area contributed by atoms with E-state index >= 15 is 0 Å². The maximum Gasteiger partial charge on any atom is 0.274 e. The Morgan fingerprint density at radius 1 is 1.08 bits per heavy atom. The maximum absolute atomic E-state index is 12.9. The summed E-state index contributed by atoms with van der Waals surface area (Å²) in [6.07, 6.45) is 5.04. The van der Waals surface area contributed by atoms with Crippen LogP contribution in [0.5, 0.6) is 0 Å². The minimum atomic E-state index is -0.401. The van der Waals surface area contributed by atoms with Crippen molar-refractivity contribution in [2.24, 2.45) is 0 Å². The Balaban J connectivity index is 3.14. The van der Waals surface area contributed by atoms with Crippen molar-refractivity contribution in [1.29, 1.82) is 0 Å². The highest BCUT2D eigenvalue weighted by Crippen LogP contribution is 2.34. The number of amides is 1. The fourth-order valence-corrected chi connectivity index (χ4v) is 3.89. The highest BCUT2D eigenvalue weighted by molar-refractivity contribution is 5.94. The predicted octanol–water partition coefficient (Wildman–Crippen LogP) is 4.73. The molecule has 0 saturated carbocycles. The monoisotopic (exact) mass is 365 g/mol. The zero-order valence-corrected chi connectivity index (χ0v) is 18.2. The summed E-state index contributed by atoms with van der Waals surface area (Å²) in [6, 6.07) is 0. The molecule has 5 nitrogen and oxygen atoms in total. The molecule has 0 aliphatic carbocycles. The van der Waals surface area contributed by atoms with Crippen molar-refractivity contribution in [2.45, 2.75) is 98.6 Å². The third-order valence-electron chi connectivity index (χ3n) is 5.75. The Kier molecular flexibility index (Phi) is 8.32. The summed E-state index contributed by atoms with van der Waals surface area (Å²) < 4.78 is 5.32. The molecule has 0 saturated heterocycles. The minimum Gasteiger partial charge on any atom is -0.360 e. The number of nitrogens with one attached hydrogen (secondary N) is 1. The molecule has 1 heterocycles. The lowest BCUT2D eigenvalue weighted by atomic mass is 9.75. The zero-order chi connectivity index (χ0) is 20.0. The summed E-state index contributed by atoms with van der Waals surface area (Å²) in [5.41, 5.74) is 0.722. The second kappa shape index (κ2) is 9.54. The first-order valence-electron chi connectivity index (χ1n) is 10.2. The first-order chi connectivity index (χ1) is 12.2. The van der Waals surface area contributed by atoms with Crippen LogP contribution in [0.3, 0.4) is 0 Å². The minimum absolute atomic E-state index is 0.130. The Hall–Kier alpha value is -1.36. The topological polar surface area (TPSA) is 58.4 Å². The van der Waals surface area contributed by atoms with Crippen LogP contribution in [0.15, 0.2) is 4.52 Å². The SMILES string of the molecule is CCCN(CCC)C(C)(CCC)C(C)(C)NC(=O)c1noc(CC)c1C. The van der Waals surface area contributed by atoms with Crippen LogP contribution in [0.25, 0.3) is 0 Å². The van der Waals surface area contributed by atoms with Crippen LogP contribution in [-0.2, 0) is 6.42 Å². The Morgan fingerprint density at radius 2 is 1.65 bits per heavy atom. The summed E-state index contributed by atoms with van der Waals surface area (Å²) in [7, 11) is 0. The van der Waals surface area contributed by atoms with Gasteiger partial charge in [0.1, 0.15) is 5.76 Å². The van der Waals surface area contributed by atoms with Crippen LogP contribution in [-0.4, -0.2) is 40.1 Å². The van der Waals surface area contributed by atoms with Crippen molar-refractivity contribution < 1.29 is 9.32 Å². The fraction of sp³-hybridized carbons (Fsp3) is 0.810. The van der Waals surface area contributed by atoms with Crippen molar-refractivity contribution in [2.75, 3.05) is 13.1 Å². The Labute approximate surface area is 159 Å². The second-order valence-corrected chi connectivity index (χ2v) is 8.02. The number of aryl methyl sites for hydroxylation is 1. The molecule has 26 heavy (non-hydrogen) atoms. The van der Waals surface area contributed by atoms with Crippen molar-refractivity contribution in [3.63, 3.8) is 0 Å². The van der Waals surface area contributed by atoms with Crippen LogP contribution in [0.4, 0.5) is 0 Å². The van der Waals surface area contributed by atoms with Crippen LogP contribution in [0.2, 0.25) is 0 Å². The average molecular weight is 366 g/mol. The summed E-state index contributed by atoms with van der Waals surface area (Å²) >= 11 is 0. The van der Waals surface area contributed by atoms with Crippen molar-refractivity contribution >= 4 is 5.91 Å². The molecule has 150 valence electrons. The quantitative estimate of drug-likeness (QED) is 0.615. The van der Waals surface area contributed by atoms with Gasteiger partial charge in [-0.2, -0.15) is 0 Å². The van der Waals surface area contributed by atoms with Crippen LogP contribution >= 0.6 is 0 Å². The second-order valence-electron chi connectivity index (χ2n) is 8.02. The lowest BCUT2D eigenvalue weighted by Crippen LogP contribution is -2.67. The van der Waals surface area contributed by atoms with Gasteiger partial charge in [-0.05, 0) is 60.0 Å². The van der Waals surface area contributed by atoms with Gasteiger partial charge in [0.15, 0.2) is 5.69 Å². The third kappa shape index (κ3) is 4.67. The normalized spacial score (nSPS) is 14.5. The highest BCUT2D eigenvalue weighted by atomic mass is 16.5. The number of carbonyl (C=O) groups excluding carboxylic acids is 1. The molecule has 0 bridgehead atoms. The smallest absolute Gasteiger partial charge is 0.274 e. The molecule has 1 atom stereocenters. The summed E-state index contributed by atoms with van der Waals surface area (Å²) in [5, 5.41) is 7.29. The van der Waals surface area contributed by atoms with Gasteiger partial charge in [0.25, 0.3) is 5.91 Å². The number of nitrogens with zero attached hydrogens (tertiary/aromatic N) is 2. The number of rotatable bonds is 11. The molecule has 0 fully saturated rings. The lowest BCUT2D eigenvalue weighted by molar-refractivity contribution is 0.0156. The van der Waals surface area contributed by atoms with E-state index in [9.17, 15) is 4.79 Å². The van der Waals surface area contributed by atoms with Crippen molar-refractivity contribution in [3.05, 3.63) is 17.0 Å². The van der Waals surface area contributed by atoms with Gasteiger partial charge in [0.05, 0.1) is 5.54 Å². The van der Waals surface area contributed by atoms with Gasteiger partial charge in [-0.1, -0.05) is 39.3 Å². The van der Waals surface area contributed by atoms with E-state index in [1.165, 1.54) is 0 Å². The first-order valence-corrected chi connectivity index (χ1v) is 10.2. The molecule has 1 amide bonds. The van der Waals surface area contributed by atoms with Crippen LogP contribution in [0.1, 0.15) is 96.0 Å². The van der Waals surface area contributed by atoms with Gasteiger partial charge in [0.2, 0.25) is 0 Å². The molecule has 0 spiro atoms. The first kappa shape index (κ1) is 22.7. The van der Waals surface area contributed by atoms with E-state index in [1.807, 2.05) is 13.8 Å². The molecule has 5 heteroatoms. The van der Waals surface area contributed by atoms with E-state index in [0.717, 1.165) is 56.5 Å². The van der Waals surface area contributed by atoms with E-state index in [-0.39, 0.29) is 11.4 Å². The molecule has 0 radical (unpaired) electrons. The largest absolute Gasteiger partial charge is 0.360 e. The van der Waals surface area contributed by atoms with E-state index in [0.29, 0.717) is 5.69 Å². The Morgan fingerprint density at radius 3 is 2.08 bits per heavy atom. The van der Waals surface area contributed by atoms with Gasteiger partial charge in [-0.25, -0.2) is 0 Å². The average Bonchev–Trinajstić information content (AvgIpc) is 2.95. The standard InChI is InChI=1S/C21H39N3O2/c1-9-13-21(8,24(14-10-2)15-11-3)20(6,7)22-19(25)18-16(5)17(12-4)26-23-18/h9-15H2,1-8H3,(H,22,25). The van der Waals surface area contributed by atoms with Gasteiger partial charge in [0, 0.05) is 17.5 Å². The number of aromatic nitrogens is 1. The molecule has 1 rings (SSSR count). The molecular weight excluding hydrogens is 326 g/mol. The molecule has 0 aliphatic rings. The third-order valence-corrected chi connectivity index (χ3v) is 5.75. The number of carbonyl (C=O) groups is 1. The van der Waals surface area contributed by atoms with Crippen molar-refractivity contribution in [1.82, 2.24) is 15.4 Å².